The molecule has 0 aliphatic carbocycles. The number of carbonyl (C=O) groups excluding carboxylic acids is 1. The van der Waals surface area contributed by atoms with Crippen molar-refractivity contribution in [3.63, 3.8) is 0 Å². The number of carboxylic acids is 2. The van der Waals surface area contributed by atoms with Gasteiger partial charge in [0.2, 0.25) is 0 Å². The van der Waals surface area contributed by atoms with Crippen molar-refractivity contribution in [2.24, 2.45) is 5.92 Å². The Balaban J connectivity index is 0.000000426. The van der Waals surface area contributed by atoms with Gasteiger partial charge in [0.1, 0.15) is 12.4 Å². The minimum Gasteiger partial charge on any atom is -0.489 e. The van der Waals surface area contributed by atoms with Gasteiger partial charge in [-0.3, -0.25) is 4.79 Å². The number of likely N-dealkylation sites (tertiary alicyclic amines) is 1. The predicted molar refractivity (Wildman–Crippen MR) is 156 cm³/mol. The zero-order valence-corrected chi connectivity index (χ0v) is 23.0. The summed E-state index contributed by atoms with van der Waals surface area (Å²) in [6.07, 6.45) is 4.43. The third-order valence-corrected chi connectivity index (χ3v) is 7.36. The summed E-state index contributed by atoms with van der Waals surface area (Å²) in [5.74, 6) is -0.718. The van der Waals surface area contributed by atoms with Crippen LogP contribution in [0.2, 0.25) is 0 Å². The molecule has 0 saturated carbocycles. The molecule has 214 valence electrons. The standard InChI is InChI=1S/C29H32N2O2.C4H4O4/c32-29-27-12-6-4-11-26(27)21-31(29)20-23-14-17-30(18-15-23)19-16-25-10-5-7-13-28(25)33-22-24-8-2-1-3-9-24;5-3(6)1-2-4(7)8/h1-13,23H,14-22H2;1-2H,(H,5,6)(H,7,8). The van der Waals surface area contributed by atoms with Crippen LogP contribution in [0.15, 0.2) is 91.0 Å². The Kier molecular flexibility index (Phi) is 10.7. The van der Waals surface area contributed by atoms with E-state index in [-0.39, 0.29) is 5.91 Å². The van der Waals surface area contributed by atoms with Crippen LogP contribution in [-0.2, 0) is 29.2 Å². The van der Waals surface area contributed by atoms with Gasteiger partial charge in [-0.1, -0.05) is 66.7 Å². The van der Waals surface area contributed by atoms with Gasteiger partial charge in [-0.2, -0.15) is 0 Å². The summed E-state index contributed by atoms with van der Waals surface area (Å²) >= 11 is 0. The van der Waals surface area contributed by atoms with E-state index in [0.29, 0.717) is 24.7 Å². The van der Waals surface area contributed by atoms with E-state index in [4.69, 9.17) is 14.9 Å². The lowest BCUT2D eigenvalue weighted by atomic mass is 9.96. The molecular weight excluding hydrogens is 520 g/mol. The maximum atomic E-state index is 12.7. The Hall–Kier alpha value is -4.43. The number of nitrogens with zero attached hydrogens (tertiary/aromatic N) is 2. The fraction of sp³-hybridized carbons (Fsp3) is 0.303. The van der Waals surface area contributed by atoms with Crippen molar-refractivity contribution in [3.8, 4) is 5.75 Å². The molecule has 8 nitrogen and oxygen atoms in total. The average molecular weight is 557 g/mol. The summed E-state index contributed by atoms with van der Waals surface area (Å²) in [7, 11) is 0. The van der Waals surface area contributed by atoms with Crippen molar-refractivity contribution < 1.29 is 29.3 Å². The van der Waals surface area contributed by atoms with Gasteiger partial charge in [-0.15, -0.1) is 0 Å². The van der Waals surface area contributed by atoms with Crippen LogP contribution >= 0.6 is 0 Å². The minimum atomic E-state index is -1.26. The quantitative estimate of drug-likeness (QED) is 0.343. The number of hydrogen-bond acceptors (Lipinski definition) is 5. The number of aliphatic carboxylic acids is 2. The van der Waals surface area contributed by atoms with Crippen molar-refractivity contribution in [2.45, 2.75) is 32.4 Å². The second-order valence-corrected chi connectivity index (χ2v) is 10.3. The highest BCUT2D eigenvalue weighted by Crippen LogP contribution is 2.27. The summed E-state index contributed by atoms with van der Waals surface area (Å²) in [4.78, 5) is 36.4. The van der Waals surface area contributed by atoms with Crippen molar-refractivity contribution in [3.05, 3.63) is 113 Å². The molecule has 3 aromatic rings. The highest BCUT2D eigenvalue weighted by molar-refractivity contribution is 5.98. The van der Waals surface area contributed by atoms with Crippen LogP contribution in [0.1, 0.15) is 39.9 Å². The number of para-hydroxylation sites is 1. The van der Waals surface area contributed by atoms with Gasteiger partial charge in [0.25, 0.3) is 5.91 Å². The normalized spacial score (nSPS) is 15.3. The van der Waals surface area contributed by atoms with Crippen molar-refractivity contribution in [1.29, 1.82) is 0 Å². The molecule has 0 spiro atoms. The van der Waals surface area contributed by atoms with E-state index in [1.807, 2.05) is 47.4 Å². The highest BCUT2D eigenvalue weighted by Gasteiger charge is 2.30. The van der Waals surface area contributed by atoms with Gasteiger partial charge < -0.3 is 24.7 Å². The van der Waals surface area contributed by atoms with Crippen LogP contribution in [-0.4, -0.2) is 64.0 Å². The topological polar surface area (TPSA) is 107 Å². The number of rotatable bonds is 10. The molecule has 2 heterocycles. The first-order valence-corrected chi connectivity index (χ1v) is 13.9. The second kappa shape index (κ2) is 14.8. The first-order chi connectivity index (χ1) is 19.9. The molecule has 2 aliphatic rings. The number of carboxylic acid groups (broad SMARTS) is 2. The molecule has 5 rings (SSSR count). The molecule has 0 unspecified atom stereocenters. The molecule has 41 heavy (non-hydrogen) atoms. The molecular formula is C33H36N2O6. The van der Waals surface area contributed by atoms with Gasteiger partial charge in [0, 0.05) is 37.3 Å². The number of carbonyl (C=O) groups is 3. The molecule has 8 heteroatoms. The summed E-state index contributed by atoms with van der Waals surface area (Å²) < 4.78 is 6.14. The lowest BCUT2D eigenvalue weighted by Crippen LogP contribution is -2.39. The number of piperidine rings is 1. The van der Waals surface area contributed by atoms with E-state index in [0.717, 1.165) is 63.3 Å². The van der Waals surface area contributed by atoms with Crippen molar-refractivity contribution >= 4 is 17.8 Å². The Morgan fingerprint density at radius 3 is 2.17 bits per heavy atom. The fourth-order valence-electron chi connectivity index (χ4n) is 5.17. The third-order valence-electron chi connectivity index (χ3n) is 7.36. The molecule has 2 N–H and O–H groups in total. The van der Waals surface area contributed by atoms with Crippen LogP contribution in [0.25, 0.3) is 0 Å². The first kappa shape index (κ1) is 29.6. The van der Waals surface area contributed by atoms with Crippen LogP contribution in [0.5, 0.6) is 5.75 Å². The lowest BCUT2D eigenvalue weighted by molar-refractivity contribution is -0.134. The summed E-state index contributed by atoms with van der Waals surface area (Å²) in [6, 6.07) is 26.8. The maximum Gasteiger partial charge on any atom is 0.328 e. The Bertz CT molecular complexity index is 1330. The van der Waals surface area contributed by atoms with Crippen LogP contribution in [0.4, 0.5) is 0 Å². The van der Waals surface area contributed by atoms with E-state index in [1.165, 1.54) is 16.7 Å². The van der Waals surface area contributed by atoms with Crippen LogP contribution in [0.3, 0.4) is 0 Å². The molecule has 1 fully saturated rings. The molecule has 0 radical (unpaired) electrons. The number of fused-ring (bicyclic) bond motifs is 1. The van der Waals surface area contributed by atoms with Gasteiger partial charge in [-0.05, 0) is 67.1 Å². The highest BCUT2D eigenvalue weighted by atomic mass is 16.5. The monoisotopic (exact) mass is 556 g/mol. The smallest absolute Gasteiger partial charge is 0.328 e. The fourth-order valence-corrected chi connectivity index (χ4v) is 5.17. The molecule has 2 aliphatic heterocycles. The van der Waals surface area contributed by atoms with E-state index >= 15 is 0 Å². The van der Waals surface area contributed by atoms with Crippen molar-refractivity contribution in [2.75, 3.05) is 26.2 Å². The molecule has 1 amide bonds. The third kappa shape index (κ3) is 9.05. The maximum absolute atomic E-state index is 12.7. The molecule has 0 bridgehead atoms. The lowest BCUT2D eigenvalue weighted by Gasteiger charge is -2.34. The number of amides is 1. The first-order valence-electron chi connectivity index (χ1n) is 13.9. The van der Waals surface area contributed by atoms with Crippen LogP contribution < -0.4 is 4.74 Å². The van der Waals surface area contributed by atoms with Gasteiger partial charge in [0.05, 0.1) is 0 Å². The average Bonchev–Trinajstić information content (AvgIpc) is 3.30. The second-order valence-electron chi connectivity index (χ2n) is 10.3. The number of hydrogen-bond donors (Lipinski definition) is 2. The van der Waals surface area contributed by atoms with Gasteiger partial charge in [0.15, 0.2) is 0 Å². The minimum absolute atomic E-state index is 0.208. The molecule has 0 aromatic heterocycles. The summed E-state index contributed by atoms with van der Waals surface area (Å²) in [5, 5.41) is 15.6. The Morgan fingerprint density at radius 1 is 0.854 bits per heavy atom. The van der Waals surface area contributed by atoms with Crippen molar-refractivity contribution in [1.82, 2.24) is 9.80 Å². The van der Waals surface area contributed by atoms with Crippen LogP contribution in [0, 0.1) is 5.92 Å². The Labute approximate surface area is 240 Å². The van der Waals surface area contributed by atoms with E-state index in [1.54, 1.807) is 0 Å². The largest absolute Gasteiger partial charge is 0.489 e. The molecule has 3 aromatic carbocycles. The van der Waals surface area contributed by atoms with E-state index in [9.17, 15) is 14.4 Å². The number of benzene rings is 3. The Morgan fingerprint density at radius 2 is 1.49 bits per heavy atom. The SMILES string of the molecule is O=C(O)C=CC(=O)O.O=C1c2ccccc2CN1CC1CCN(CCc2ccccc2OCc2ccccc2)CC1. The summed E-state index contributed by atoms with van der Waals surface area (Å²) in [5.41, 5.74) is 4.53. The number of ether oxygens (including phenoxy) is 1. The molecule has 0 atom stereocenters. The van der Waals surface area contributed by atoms with Gasteiger partial charge >= 0.3 is 11.9 Å². The zero-order valence-electron chi connectivity index (χ0n) is 23.0. The zero-order chi connectivity index (χ0) is 29.0. The van der Waals surface area contributed by atoms with E-state index < -0.39 is 11.9 Å². The van der Waals surface area contributed by atoms with E-state index in [2.05, 4.69) is 41.3 Å². The summed E-state index contributed by atoms with van der Waals surface area (Å²) in [6.45, 7) is 5.51. The predicted octanol–water partition coefficient (Wildman–Crippen LogP) is 4.89. The molecule has 1 saturated heterocycles. The van der Waals surface area contributed by atoms with Gasteiger partial charge in [-0.25, -0.2) is 9.59 Å².